The number of hydrogen-bond donors (Lipinski definition) is 0. The van der Waals surface area contributed by atoms with Crippen molar-refractivity contribution in [2.45, 2.75) is 0 Å². The molecular weight excluding hydrogens is 902 g/mol. The Morgan fingerprint density at radius 1 is 0.441 bits per heavy atom. The standard InChI is InChI=1S/C54H33N3O.Pt/c1-3-11-36(12-4-1)38-19-21-40(22-20-38)44-29-32-48(55-35-44)42-27-30-45(41-25-23-39(24-26-41)37-13-5-2-6-14-37)51(33-42)57-50-17-9-7-15-46(50)47-31-28-43(34-52(47)57)54-56-49-16-8-10-18-53(49)58-54;/h1-32,35H;/q-2;+2. The molecule has 8 aromatic carbocycles. The van der Waals surface area contributed by atoms with Crippen LogP contribution in [0.3, 0.4) is 0 Å². The molecule has 0 aliphatic carbocycles. The number of oxazole rings is 1. The van der Waals surface area contributed by atoms with Crippen LogP contribution < -0.4 is 0 Å². The van der Waals surface area contributed by atoms with Crippen molar-refractivity contribution in [2.75, 3.05) is 0 Å². The fourth-order valence-corrected chi connectivity index (χ4v) is 7.96. The molecule has 5 heteroatoms. The Bertz CT molecular complexity index is 3210. The SMILES string of the molecule is [Pt+2].[c-]1c(-c2ccc(-c3ccc(-c4ccccc4)cc3)cn2)ccc(-c2ccc(-c3ccccc3)cc2)c1-n1c2[c-]c(-c3nc4ccccc4o3)ccc2c2ccccc21. The number of pyridine rings is 1. The van der Waals surface area contributed by atoms with Crippen molar-refractivity contribution in [3.05, 3.63) is 212 Å². The van der Waals surface area contributed by atoms with E-state index in [4.69, 9.17) is 14.4 Å². The molecule has 0 amide bonds. The molecule has 59 heavy (non-hydrogen) atoms. The van der Waals surface area contributed by atoms with Crippen molar-refractivity contribution in [3.8, 4) is 72.9 Å². The second-order valence-corrected chi connectivity index (χ2v) is 14.4. The van der Waals surface area contributed by atoms with Crippen LogP contribution in [-0.4, -0.2) is 14.5 Å². The van der Waals surface area contributed by atoms with Gasteiger partial charge in [-0.3, -0.25) is 4.98 Å². The van der Waals surface area contributed by atoms with Gasteiger partial charge in [-0.2, -0.15) is 0 Å². The average molecular weight is 935 g/mol. The first-order valence-corrected chi connectivity index (χ1v) is 19.4. The number of hydrogen-bond acceptors (Lipinski definition) is 3. The van der Waals surface area contributed by atoms with Crippen LogP contribution in [0, 0.1) is 12.1 Å². The molecule has 0 aliphatic rings. The van der Waals surface area contributed by atoms with Gasteiger partial charge in [-0.1, -0.05) is 174 Å². The van der Waals surface area contributed by atoms with E-state index in [0.29, 0.717) is 5.89 Å². The molecule has 4 nitrogen and oxygen atoms in total. The van der Waals surface area contributed by atoms with Crippen molar-refractivity contribution < 1.29 is 25.5 Å². The smallest absolute Gasteiger partial charge is 0.481 e. The average Bonchev–Trinajstić information content (AvgIpc) is 3.89. The summed E-state index contributed by atoms with van der Waals surface area (Å²) in [7, 11) is 0. The van der Waals surface area contributed by atoms with E-state index in [2.05, 4.69) is 168 Å². The van der Waals surface area contributed by atoms with E-state index < -0.39 is 0 Å². The molecule has 0 unspecified atom stereocenters. The molecule has 0 bridgehead atoms. The maximum absolute atomic E-state index is 6.24. The molecule has 0 radical (unpaired) electrons. The number of benzene rings is 8. The van der Waals surface area contributed by atoms with Crippen molar-refractivity contribution in [2.24, 2.45) is 0 Å². The third-order valence-corrected chi connectivity index (χ3v) is 10.9. The van der Waals surface area contributed by atoms with E-state index in [0.717, 1.165) is 77.7 Å². The Kier molecular flexibility index (Phi) is 9.41. The monoisotopic (exact) mass is 934 g/mol. The summed E-state index contributed by atoms with van der Waals surface area (Å²) in [5.74, 6) is 0.536. The minimum Gasteiger partial charge on any atom is -0.481 e. The fourth-order valence-electron chi connectivity index (χ4n) is 7.96. The third kappa shape index (κ3) is 6.68. The van der Waals surface area contributed by atoms with Crippen molar-refractivity contribution in [3.63, 3.8) is 0 Å². The van der Waals surface area contributed by atoms with Crippen molar-refractivity contribution in [1.82, 2.24) is 14.5 Å². The molecule has 0 N–H and O–H groups in total. The van der Waals surface area contributed by atoms with Crippen molar-refractivity contribution in [1.29, 1.82) is 0 Å². The van der Waals surface area contributed by atoms with E-state index in [-0.39, 0.29) is 21.1 Å². The quantitative estimate of drug-likeness (QED) is 0.150. The number of rotatable bonds is 7. The van der Waals surface area contributed by atoms with Gasteiger partial charge in [0.1, 0.15) is 11.5 Å². The van der Waals surface area contributed by atoms with Gasteiger partial charge in [0.25, 0.3) is 0 Å². The van der Waals surface area contributed by atoms with Crippen LogP contribution in [0.5, 0.6) is 0 Å². The molecule has 11 aromatic rings. The largest absolute Gasteiger partial charge is 2.00 e. The van der Waals surface area contributed by atoms with E-state index >= 15 is 0 Å². The van der Waals surface area contributed by atoms with Gasteiger partial charge in [-0.05, 0) is 73.9 Å². The minimum atomic E-state index is 0. The summed E-state index contributed by atoms with van der Waals surface area (Å²) in [6.07, 6.45) is 1.96. The van der Waals surface area contributed by atoms with Crippen LogP contribution in [-0.2, 0) is 21.1 Å². The summed E-state index contributed by atoms with van der Waals surface area (Å²) in [6, 6.07) is 75.1. The van der Waals surface area contributed by atoms with E-state index in [1.165, 1.54) is 22.3 Å². The van der Waals surface area contributed by atoms with Crippen LogP contribution in [0.2, 0.25) is 0 Å². The Morgan fingerprint density at radius 2 is 1.02 bits per heavy atom. The minimum absolute atomic E-state index is 0. The third-order valence-electron chi connectivity index (χ3n) is 10.9. The van der Waals surface area contributed by atoms with Gasteiger partial charge < -0.3 is 14.0 Å². The summed E-state index contributed by atoms with van der Waals surface area (Å²) in [4.78, 5) is 9.83. The topological polar surface area (TPSA) is 43.9 Å². The maximum Gasteiger partial charge on any atom is 2.00 e. The van der Waals surface area contributed by atoms with Gasteiger partial charge >= 0.3 is 21.1 Å². The molecule has 280 valence electrons. The Morgan fingerprint density at radius 3 is 1.69 bits per heavy atom. The second kappa shape index (κ2) is 15.3. The van der Waals surface area contributed by atoms with Crippen LogP contribution in [0.4, 0.5) is 0 Å². The molecule has 0 aliphatic heterocycles. The zero-order valence-electron chi connectivity index (χ0n) is 31.6. The van der Waals surface area contributed by atoms with Gasteiger partial charge in [0.05, 0.1) is 5.52 Å². The first-order chi connectivity index (χ1) is 28.7. The predicted molar refractivity (Wildman–Crippen MR) is 236 cm³/mol. The number of nitrogens with zero attached hydrogens (tertiary/aromatic N) is 3. The molecule has 0 saturated heterocycles. The van der Waals surface area contributed by atoms with Gasteiger partial charge in [0.2, 0.25) is 0 Å². The summed E-state index contributed by atoms with van der Waals surface area (Å²) in [6.45, 7) is 0. The molecule has 0 spiro atoms. The molecular formula is C54H33N3OPt. The molecule has 0 fully saturated rings. The van der Waals surface area contributed by atoms with Crippen LogP contribution in [0.25, 0.3) is 106 Å². The summed E-state index contributed by atoms with van der Waals surface area (Å²) >= 11 is 0. The zero-order chi connectivity index (χ0) is 38.4. The van der Waals surface area contributed by atoms with E-state index in [1.807, 2.05) is 48.7 Å². The zero-order valence-corrected chi connectivity index (χ0v) is 33.9. The second-order valence-electron chi connectivity index (χ2n) is 14.4. The number of aromatic nitrogens is 3. The molecule has 0 atom stereocenters. The summed E-state index contributed by atoms with van der Waals surface area (Å²) in [5, 5.41) is 2.21. The Balaban J connectivity index is 0.00000420. The Hall–Kier alpha value is -7.13. The number of fused-ring (bicyclic) bond motifs is 4. The summed E-state index contributed by atoms with van der Waals surface area (Å²) < 4.78 is 8.52. The van der Waals surface area contributed by atoms with E-state index in [9.17, 15) is 0 Å². The predicted octanol–water partition coefficient (Wildman–Crippen LogP) is 13.9. The molecule has 3 aromatic heterocycles. The first-order valence-electron chi connectivity index (χ1n) is 19.4. The molecule has 0 saturated carbocycles. The molecule has 11 rings (SSSR count). The van der Waals surface area contributed by atoms with E-state index in [1.54, 1.807) is 0 Å². The summed E-state index contributed by atoms with van der Waals surface area (Å²) in [5.41, 5.74) is 16.0. The maximum atomic E-state index is 6.24. The van der Waals surface area contributed by atoms with Crippen LogP contribution in [0.15, 0.2) is 205 Å². The van der Waals surface area contributed by atoms with Gasteiger partial charge in [0.15, 0.2) is 0 Å². The first kappa shape index (κ1) is 36.2. The van der Waals surface area contributed by atoms with Gasteiger partial charge in [-0.25, -0.2) is 0 Å². The Labute approximate surface area is 356 Å². The van der Waals surface area contributed by atoms with Crippen molar-refractivity contribution >= 4 is 32.9 Å². The van der Waals surface area contributed by atoms with Gasteiger partial charge in [0, 0.05) is 11.7 Å². The normalized spacial score (nSPS) is 11.3. The van der Waals surface area contributed by atoms with Crippen LogP contribution in [0.1, 0.15) is 0 Å². The fraction of sp³-hybridized carbons (Fsp3) is 0. The van der Waals surface area contributed by atoms with Gasteiger partial charge in [-0.15, -0.1) is 42.0 Å². The number of para-hydroxylation sites is 3. The van der Waals surface area contributed by atoms with Crippen LogP contribution >= 0.6 is 0 Å². The molecule has 3 heterocycles.